The van der Waals surface area contributed by atoms with Crippen molar-refractivity contribution in [1.29, 1.82) is 0 Å². The van der Waals surface area contributed by atoms with Gasteiger partial charge in [0.2, 0.25) is 5.91 Å². The lowest BCUT2D eigenvalue weighted by Gasteiger charge is -2.31. The van der Waals surface area contributed by atoms with Crippen molar-refractivity contribution in [1.82, 2.24) is 15.2 Å². The molecule has 0 atom stereocenters. The lowest BCUT2D eigenvalue weighted by molar-refractivity contribution is -0.130. The molecule has 21 heavy (non-hydrogen) atoms. The number of amides is 2. The molecule has 0 bridgehead atoms. The summed E-state index contributed by atoms with van der Waals surface area (Å²) >= 11 is 0. The van der Waals surface area contributed by atoms with Crippen LogP contribution in [0.25, 0.3) is 0 Å². The van der Waals surface area contributed by atoms with E-state index in [1.165, 1.54) is 0 Å². The Morgan fingerprint density at radius 3 is 2.76 bits per heavy atom. The van der Waals surface area contributed by atoms with Gasteiger partial charge in [0, 0.05) is 38.8 Å². The molecule has 2 rings (SSSR count). The summed E-state index contributed by atoms with van der Waals surface area (Å²) < 4.78 is 5.08. The summed E-state index contributed by atoms with van der Waals surface area (Å²) in [5, 5.41) is 2.90. The van der Waals surface area contributed by atoms with E-state index in [0.717, 1.165) is 25.9 Å². The number of rotatable bonds is 4. The van der Waals surface area contributed by atoms with Crippen molar-refractivity contribution in [3.8, 4) is 5.75 Å². The summed E-state index contributed by atoms with van der Waals surface area (Å²) in [5.41, 5.74) is 0.357. The van der Waals surface area contributed by atoms with Crippen LogP contribution in [-0.4, -0.2) is 48.4 Å². The predicted molar refractivity (Wildman–Crippen MR) is 78.1 cm³/mol. The molecule has 1 aromatic heterocycles. The van der Waals surface area contributed by atoms with Crippen LogP contribution in [0.2, 0.25) is 0 Å². The van der Waals surface area contributed by atoms with Crippen LogP contribution in [0.3, 0.4) is 0 Å². The summed E-state index contributed by atoms with van der Waals surface area (Å²) in [4.78, 5) is 29.2. The van der Waals surface area contributed by atoms with E-state index < -0.39 is 0 Å². The first kappa shape index (κ1) is 15.3. The maximum atomic E-state index is 12.0. The molecule has 0 spiro atoms. The van der Waals surface area contributed by atoms with E-state index in [9.17, 15) is 9.59 Å². The van der Waals surface area contributed by atoms with Crippen molar-refractivity contribution in [3.05, 3.63) is 24.0 Å². The molecule has 2 heterocycles. The normalized spacial score (nSPS) is 15.6. The largest absolute Gasteiger partial charge is 0.497 e. The summed E-state index contributed by atoms with van der Waals surface area (Å²) in [6.45, 7) is 3.75. The molecule has 114 valence electrons. The Morgan fingerprint density at radius 1 is 1.43 bits per heavy atom. The molecular weight excluding hydrogens is 270 g/mol. The van der Waals surface area contributed by atoms with Crippen LogP contribution in [0.5, 0.6) is 5.75 Å². The highest BCUT2D eigenvalue weighted by Crippen LogP contribution is 2.16. The van der Waals surface area contributed by atoms with Gasteiger partial charge in [-0.1, -0.05) is 0 Å². The van der Waals surface area contributed by atoms with Crippen LogP contribution < -0.4 is 10.1 Å². The number of nitrogens with one attached hydrogen (secondary N) is 1. The Kier molecular flexibility index (Phi) is 5.14. The van der Waals surface area contributed by atoms with Gasteiger partial charge in [-0.2, -0.15) is 0 Å². The van der Waals surface area contributed by atoms with Gasteiger partial charge in [-0.05, 0) is 24.8 Å². The predicted octanol–water partition coefficient (Wildman–Crippen LogP) is 1.08. The van der Waals surface area contributed by atoms with Crippen LogP contribution >= 0.6 is 0 Å². The number of methoxy groups -OCH3 is 1. The number of carbonyl (C=O) groups is 2. The number of carbonyl (C=O) groups excluding carboxylic acids is 2. The minimum atomic E-state index is -0.192. The molecule has 0 aromatic carbocycles. The lowest BCUT2D eigenvalue weighted by Crippen LogP contribution is -2.40. The van der Waals surface area contributed by atoms with Crippen LogP contribution in [0, 0.1) is 5.92 Å². The van der Waals surface area contributed by atoms with Gasteiger partial charge in [-0.15, -0.1) is 0 Å². The van der Waals surface area contributed by atoms with Crippen molar-refractivity contribution < 1.29 is 14.3 Å². The van der Waals surface area contributed by atoms with E-state index in [1.807, 2.05) is 4.90 Å². The highest BCUT2D eigenvalue weighted by molar-refractivity contribution is 5.92. The molecule has 1 aliphatic heterocycles. The number of hydrogen-bond donors (Lipinski definition) is 1. The summed E-state index contributed by atoms with van der Waals surface area (Å²) in [7, 11) is 1.56. The van der Waals surface area contributed by atoms with Crippen LogP contribution in [0.1, 0.15) is 30.3 Å². The second kappa shape index (κ2) is 7.06. The number of likely N-dealkylation sites (tertiary alicyclic amines) is 1. The Labute approximate surface area is 124 Å². The van der Waals surface area contributed by atoms with Crippen LogP contribution in [0.4, 0.5) is 0 Å². The molecular formula is C15H21N3O3. The first-order chi connectivity index (χ1) is 10.1. The number of ether oxygens (including phenoxy) is 1. The molecule has 0 unspecified atom stereocenters. The zero-order valence-corrected chi connectivity index (χ0v) is 12.5. The van der Waals surface area contributed by atoms with E-state index in [4.69, 9.17) is 4.74 Å². The second-order valence-electron chi connectivity index (χ2n) is 5.24. The van der Waals surface area contributed by atoms with Crippen LogP contribution in [0.15, 0.2) is 18.3 Å². The molecule has 1 fully saturated rings. The Balaban J connectivity index is 1.80. The van der Waals surface area contributed by atoms with Gasteiger partial charge >= 0.3 is 0 Å². The van der Waals surface area contributed by atoms with Crippen molar-refractivity contribution in [3.63, 3.8) is 0 Å². The topological polar surface area (TPSA) is 71.5 Å². The molecule has 0 aliphatic carbocycles. The average molecular weight is 291 g/mol. The quantitative estimate of drug-likeness (QED) is 0.901. The third kappa shape index (κ3) is 4.18. The van der Waals surface area contributed by atoms with Crippen molar-refractivity contribution in [2.45, 2.75) is 19.8 Å². The van der Waals surface area contributed by atoms with Gasteiger partial charge in [0.25, 0.3) is 5.91 Å². The Morgan fingerprint density at radius 2 is 2.14 bits per heavy atom. The van der Waals surface area contributed by atoms with Gasteiger partial charge in [0.1, 0.15) is 11.4 Å². The molecule has 1 aliphatic rings. The first-order valence-corrected chi connectivity index (χ1v) is 7.14. The summed E-state index contributed by atoms with van der Waals surface area (Å²) in [6, 6.07) is 3.32. The van der Waals surface area contributed by atoms with E-state index in [2.05, 4.69) is 10.3 Å². The zero-order valence-electron chi connectivity index (χ0n) is 12.5. The van der Waals surface area contributed by atoms with Gasteiger partial charge in [-0.3, -0.25) is 14.6 Å². The second-order valence-corrected chi connectivity index (χ2v) is 5.24. The minimum absolute atomic E-state index is 0.123. The maximum Gasteiger partial charge on any atom is 0.270 e. The monoisotopic (exact) mass is 291 g/mol. The average Bonchev–Trinajstić information content (AvgIpc) is 2.53. The van der Waals surface area contributed by atoms with Crippen molar-refractivity contribution in [2.75, 3.05) is 26.7 Å². The lowest BCUT2D eigenvalue weighted by atomic mass is 9.97. The van der Waals surface area contributed by atoms with E-state index >= 15 is 0 Å². The fourth-order valence-corrected chi connectivity index (χ4v) is 2.44. The van der Waals surface area contributed by atoms with E-state index in [-0.39, 0.29) is 11.8 Å². The van der Waals surface area contributed by atoms with Gasteiger partial charge in [-0.25, -0.2) is 0 Å². The minimum Gasteiger partial charge on any atom is -0.497 e. The molecule has 1 aromatic rings. The molecule has 6 nitrogen and oxygen atoms in total. The number of aromatic nitrogens is 1. The Bertz CT molecular complexity index is 511. The van der Waals surface area contributed by atoms with Crippen LogP contribution in [-0.2, 0) is 4.79 Å². The number of pyridine rings is 1. The Hall–Kier alpha value is -2.11. The number of piperidine rings is 1. The molecule has 2 amide bonds. The number of hydrogen-bond acceptors (Lipinski definition) is 4. The van der Waals surface area contributed by atoms with Gasteiger partial charge < -0.3 is 15.0 Å². The SMILES string of the molecule is COc1ccnc(C(=O)NCC2CCN(C(C)=O)CC2)c1. The summed E-state index contributed by atoms with van der Waals surface area (Å²) in [5.74, 6) is 0.959. The molecule has 6 heteroatoms. The standard InChI is InChI=1S/C15H21N3O3/c1-11(19)18-7-4-12(5-8-18)10-17-15(20)14-9-13(21-2)3-6-16-14/h3,6,9,12H,4-5,7-8,10H2,1-2H3,(H,17,20). The highest BCUT2D eigenvalue weighted by atomic mass is 16.5. The smallest absolute Gasteiger partial charge is 0.270 e. The highest BCUT2D eigenvalue weighted by Gasteiger charge is 2.21. The molecule has 0 saturated carbocycles. The van der Waals surface area contributed by atoms with Gasteiger partial charge in [0.05, 0.1) is 7.11 Å². The fourth-order valence-electron chi connectivity index (χ4n) is 2.44. The maximum absolute atomic E-state index is 12.0. The third-order valence-corrected chi connectivity index (χ3v) is 3.81. The van der Waals surface area contributed by atoms with Crippen molar-refractivity contribution >= 4 is 11.8 Å². The first-order valence-electron chi connectivity index (χ1n) is 7.14. The zero-order chi connectivity index (χ0) is 15.2. The molecule has 0 radical (unpaired) electrons. The fraction of sp³-hybridized carbons (Fsp3) is 0.533. The van der Waals surface area contributed by atoms with Crippen molar-refractivity contribution in [2.24, 2.45) is 5.92 Å². The van der Waals surface area contributed by atoms with E-state index in [0.29, 0.717) is 23.9 Å². The number of nitrogens with zero attached hydrogens (tertiary/aromatic N) is 2. The molecule has 1 saturated heterocycles. The summed E-state index contributed by atoms with van der Waals surface area (Å²) in [6.07, 6.45) is 3.40. The third-order valence-electron chi connectivity index (χ3n) is 3.81. The van der Waals surface area contributed by atoms with E-state index in [1.54, 1.807) is 32.4 Å². The molecule has 1 N–H and O–H groups in total. The van der Waals surface area contributed by atoms with Gasteiger partial charge in [0.15, 0.2) is 0 Å².